The van der Waals surface area contributed by atoms with Gasteiger partial charge in [-0.1, -0.05) is 0 Å². The van der Waals surface area contributed by atoms with Crippen LogP contribution in [0.3, 0.4) is 0 Å². The molecule has 1 saturated heterocycles. The van der Waals surface area contributed by atoms with Crippen molar-refractivity contribution in [3.63, 3.8) is 0 Å². The quantitative estimate of drug-likeness (QED) is 0.589. The topological polar surface area (TPSA) is 115 Å². The van der Waals surface area contributed by atoms with Crippen LogP contribution in [-0.4, -0.2) is 35.4 Å². The summed E-state index contributed by atoms with van der Waals surface area (Å²) < 4.78 is 5.55. The van der Waals surface area contributed by atoms with Crippen molar-refractivity contribution in [1.82, 2.24) is 4.90 Å². The minimum absolute atomic E-state index is 0.00655. The Morgan fingerprint density at radius 1 is 1.36 bits per heavy atom. The summed E-state index contributed by atoms with van der Waals surface area (Å²) in [6.07, 6.45) is 3.89. The van der Waals surface area contributed by atoms with Gasteiger partial charge in [0.1, 0.15) is 11.4 Å². The lowest BCUT2D eigenvalue weighted by atomic mass is 10.1. The molecule has 132 valence electrons. The molecule has 8 heteroatoms. The molecule has 1 aliphatic rings. The van der Waals surface area contributed by atoms with Crippen LogP contribution in [0.4, 0.5) is 11.4 Å². The number of amides is 1. The first-order chi connectivity index (χ1) is 12.1. The highest BCUT2D eigenvalue weighted by Gasteiger charge is 2.26. The van der Waals surface area contributed by atoms with Crippen molar-refractivity contribution in [2.45, 2.75) is 18.9 Å². The van der Waals surface area contributed by atoms with E-state index in [4.69, 9.17) is 10.2 Å². The molecule has 1 unspecified atom stereocenters. The second kappa shape index (κ2) is 7.35. The molecule has 1 aromatic carbocycles. The number of nitro benzene ring substituents is 1. The van der Waals surface area contributed by atoms with E-state index in [0.717, 1.165) is 31.7 Å². The van der Waals surface area contributed by atoms with E-state index < -0.39 is 10.8 Å². The predicted molar refractivity (Wildman–Crippen MR) is 92.4 cm³/mol. The maximum atomic E-state index is 11.3. The Labute approximate surface area is 144 Å². The average Bonchev–Trinajstić information content (AvgIpc) is 3.29. The minimum atomic E-state index is -0.694. The van der Waals surface area contributed by atoms with Gasteiger partial charge in [-0.3, -0.25) is 19.8 Å². The number of likely N-dealkylation sites (tertiary alicyclic amines) is 1. The minimum Gasteiger partial charge on any atom is -0.468 e. The molecule has 1 aromatic heterocycles. The Morgan fingerprint density at radius 3 is 2.72 bits per heavy atom. The van der Waals surface area contributed by atoms with Crippen molar-refractivity contribution in [1.29, 1.82) is 0 Å². The van der Waals surface area contributed by atoms with E-state index in [9.17, 15) is 14.9 Å². The first-order valence-electron chi connectivity index (χ1n) is 8.16. The summed E-state index contributed by atoms with van der Waals surface area (Å²) in [6.45, 7) is 2.40. The maximum Gasteiger partial charge on any atom is 0.293 e. The summed E-state index contributed by atoms with van der Waals surface area (Å²) in [6, 6.07) is 7.93. The van der Waals surface area contributed by atoms with Crippen LogP contribution in [0, 0.1) is 10.1 Å². The molecule has 0 bridgehead atoms. The summed E-state index contributed by atoms with van der Waals surface area (Å²) in [5, 5.41) is 14.4. The Hall–Kier alpha value is -2.87. The van der Waals surface area contributed by atoms with Crippen molar-refractivity contribution in [3.05, 3.63) is 58.0 Å². The fourth-order valence-electron chi connectivity index (χ4n) is 3.14. The van der Waals surface area contributed by atoms with Gasteiger partial charge in [0.2, 0.25) is 5.91 Å². The van der Waals surface area contributed by atoms with Crippen molar-refractivity contribution >= 4 is 17.3 Å². The number of rotatable bonds is 7. The van der Waals surface area contributed by atoms with Crippen LogP contribution in [0.15, 0.2) is 41.0 Å². The Morgan fingerprint density at radius 2 is 2.12 bits per heavy atom. The van der Waals surface area contributed by atoms with Gasteiger partial charge in [0, 0.05) is 18.2 Å². The van der Waals surface area contributed by atoms with Gasteiger partial charge in [0.05, 0.1) is 17.2 Å². The standard InChI is InChI=1S/C17H20N4O4/c18-17(22)12-5-6-13(14(10-12)21(23)24)19-11-15(16-4-3-9-25-16)20-7-1-2-8-20/h3-6,9-10,15,19H,1-2,7-8,11H2,(H2,18,22). The molecular weight excluding hydrogens is 324 g/mol. The number of nitro groups is 1. The number of nitrogens with one attached hydrogen (secondary N) is 1. The Bertz CT molecular complexity index is 754. The number of hydrogen-bond donors (Lipinski definition) is 2. The van der Waals surface area contributed by atoms with E-state index in [2.05, 4.69) is 10.2 Å². The third kappa shape index (κ3) is 3.80. The van der Waals surface area contributed by atoms with Gasteiger partial charge in [-0.2, -0.15) is 0 Å². The normalized spacial score (nSPS) is 15.8. The molecule has 1 fully saturated rings. The number of primary amides is 1. The lowest BCUT2D eigenvalue weighted by molar-refractivity contribution is -0.384. The Balaban J connectivity index is 1.80. The smallest absolute Gasteiger partial charge is 0.293 e. The van der Waals surface area contributed by atoms with Crippen LogP contribution < -0.4 is 11.1 Å². The van der Waals surface area contributed by atoms with Crippen molar-refractivity contribution in [3.8, 4) is 0 Å². The molecule has 2 heterocycles. The summed E-state index contributed by atoms with van der Waals surface area (Å²) >= 11 is 0. The van der Waals surface area contributed by atoms with Gasteiger partial charge < -0.3 is 15.5 Å². The van der Waals surface area contributed by atoms with Gasteiger partial charge in [-0.25, -0.2) is 0 Å². The number of carbonyl (C=O) groups is 1. The number of benzene rings is 1. The number of hydrogen-bond acceptors (Lipinski definition) is 6. The summed E-state index contributed by atoms with van der Waals surface area (Å²) in [7, 11) is 0. The number of anilines is 1. The molecule has 0 aliphatic carbocycles. The van der Waals surface area contributed by atoms with Crippen LogP contribution in [0.2, 0.25) is 0 Å². The number of carbonyl (C=O) groups excluding carboxylic acids is 1. The number of furan rings is 1. The van der Waals surface area contributed by atoms with Gasteiger partial charge in [0.15, 0.2) is 0 Å². The van der Waals surface area contributed by atoms with Crippen LogP contribution in [0.1, 0.15) is 35.0 Å². The third-order valence-electron chi connectivity index (χ3n) is 4.42. The van der Waals surface area contributed by atoms with E-state index in [0.29, 0.717) is 12.2 Å². The molecule has 25 heavy (non-hydrogen) atoms. The molecule has 2 aromatic rings. The highest BCUT2D eigenvalue weighted by atomic mass is 16.6. The average molecular weight is 344 g/mol. The lowest BCUT2D eigenvalue weighted by Crippen LogP contribution is -2.30. The molecule has 0 saturated carbocycles. The summed E-state index contributed by atoms with van der Waals surface area (Å²) in [5.74, 6) is 0.131. The third-order valence-corrected chi connectivity index (χ3v) is 4.42. The second-order valence-electron chi connectivity index (χ2n) is 6.01. The van der Waals surface area contributed by atoms with Gasteiger partial charge in [-0.05, 0) is 50.2 Å². The lowest BCUT2D eigenvalue weighted by Gasteiger charge is -2.26. The molecule has 1 atom stereocenters. The monoisotopic (exact) mass is 344 g/mol. The second-order valence-corrected chi connectivity index (χ2v) is 6.01. The molecular formula is C17H20N4O4. The van der Waals surface area contributed by atoms with Crippen molar-refractivity contribution in [2.75, 3.05) is 25.0 Å². The van der Waals surface area contributed by atoms with Crippen LogP contribution >= 0.6 is 0 Å². The summed E-state index contributed by atoms with van der Waals surface area (Å²) in [5.41, 5.74) is 5.49. The maximum absolute atomic E-state index is 11.3. The zero-order valence-electron chi connectivity index (χ0n) is 13.7. The van der Waals surface area contributed by atoms with Gasteiger partial charge in [0.25, 0.3) is 5.69 Å². The predicted octanol–water partition coefficient (Wildman–Crippen LogP) is 2.54. The van der Waals surface area contributed by atoms with Crippen molar-refractivity contribution in [2.24, 2.45) is 5.73 Å². The van der Waals surface area contributed by atoms with Crippen LogP contribution in [-0.2, 0) is 0 Å². The van der Waals surface area contributed by atoms with E-state index in [1.165, 1.54) is 18.2 Å². The molecule has 3 rings (SSSR count). The van der Waals surface area contributed by atoms with Gasteiger partial charge in [-0.15, -0.1) is 0 Å². The largest absolute Gasteiger partial charge is 0.468 e. The van der Waals surface area contributed by atoms with E-state index in [-0.39, 0.29) is 17.3 Å². The number of nitrogens with zero attached hydrogens (tertiary/aromatic N) is 2. The molecule has 0 spiro atoms. The molecule has 3 N–H and O–H groups in total. The fourth-order valence-corrected chi connectivity index (χ4v) is 3.14. The highest BCUT2D eigenvalue weighted by Crippen LogP contribution is 2.29. The molecule has 1 amide bonds. The Kier molecular flexibility index (Phi) is 4.99. The highest BCUT2D eigenvalue weighted by molar-refractivity contribution is 5.94. The zero-order valence-corrected chi connectivity index (χ0v) is 13.7. The molecule has 8 nitrogen and oxygen atoms in total. The van der Waals surface area contributed by atoms with E-state index in [1.54, 1.807) is 6.26 Å². The fraction of sp³-hybridized carbons (Fsp3) is 0.353. The zero-order chi connectivity index (χ0) is 17.8. The summed E-state index contributed by atoms with van der Waals surface area (Å²) in [4.78, 5) is 24.3. The SMILES string of the molecule is NC(=O)c1ccc(NCC(c2ccco2)N2CCCC2)c([N+](=O)[O-])c1. The number of nitrogens with two attached hydrogens (primary N) is 1. The van der Waals surface area contributed by atoms with Crippen LogP contribution in [0.5, 0.6) is 0 Å². The molecule has 0 radical (unpaired) electrons. The first-order valence-corrected chi connectivity index (χ1v) is 8.16. The van der Waals surface area contributed by atoms with E-state index >= 15 is 0 Å². The van der Waals surface area contributed by atoms with Crippen LogP contribution in [0.25, 0.3) is 0 Å². The van der Waals surface area contributed by atoms with Crippen molar-refractivity contribution < 1.29 is 14.1 Å². The molecule has 1 aliphatic heterocycles. The van der Waals surface area contributed by atoms with E-state index in [1.807, 2.05) is 12.1 Å². The first kappa shape index (κ1) is 17.0. The van der Waals surface area contributed by atoms with Gasteiger partial charge >= 0.3 is 0 Å².